The van der Waals surface area contributed by atoms with Crippen LogP contribution in [0.4, 0.5) is 0 Å². The molecular formula is C42H54N2O12. The second-order valence-corrected chi connectivity index (χ2v) is 14.3. The molecule has 0 aliphatic carbocycles. The van der Waals surface area contributed by atoms with E-state index in [1.54, 1.807) is 65.8 Å². The number of aromatic nitrogens is 2. The monoisotopic (exact) mass is 778 g/mol. The molecule has 4 bridgehead atoms. The molecule has 0 saturated heterocycles. The highest BCUT2D eigenvalue weighted by molar-refractivity contribution is 5.87. The fourth-order valence-electron chi connectivity index (χ4n) is 5.31. The van der Waals surface area contributed by atoms with Gasteiger partial charge in [-0.2, -0.15) is 0 Å². The molecule has 0 fully saturated rings. The highest BCUT2D eigenvalue weighted by Crippen LogP contribution is 2.33. The standard InChI is InChI=1S/C42H54N2O12/c1-7-15-33(49)41(3,4)35-21-13-19-31(47)29(45)17-9-12-24-38-44-28(26-54-38)40(52)56-36(42(5,6)34(50)16-8-2)22-14-20-32(48)30(46)18-10-11-23-37-43-27(25-53-37)39(51)55-35/h7-20,23-26,29-36,45-50H,21-22H2,1-6H3/b15-7+,16-8+,17-9+,18-10+,19-13-,20-14-,23-11-,24-12-. The molecule has 0 saturated carbocycles. The first-order valence-corrected chi connectivity index (χ1v) is 18.2. The molecule has 3 rings (SSSR count). The zero-order valence-corrected chi connectivity index (χ0v) is 32.5. The van der Waals surface area contributed by atoms with Gasteiger partial charge in [0.25, 0.3) is 0 Å². The Bertz CT molecular complexity index is 1680. The molecule has 8 atom stereocenters. The Hall–Kier alpha value is -4.96. The van der Waals surface area contributed by atoms with Crippen molar-refractivity contribution in [3.05, 3.63) is 121 Å². The van der Waals surface area contributed by atoms with E-state index in [1.807, 2.05) is 0 Å². The predicted octanol–water partition coefficient (Wildman–Crippen LogP) is 4.83. The largest absolute Gasteiger partial charge is 0.457 e. The number of fused-ring (bicyclic) bond motifs is 4. The summed E-state index contributed by atoms with van der Waals surface area (Å²) in [4.78, 5) is 34.7. The Morgan fingerprint density at radius 2 is 0.982 bits per heavy atom. The molecule has 0 aromatic carbocycles. The lowest BCUT2D eigenvalue weighted by Crippen LogP contribution is -2.42. The number of esters is 2. The molecular weight excluding hydrogens is 724 g/mol. The first-order valence-electron chi connectivity index (χ1n) is 18.2. The third-order valence-electron chi connectivity index (χ3n) is 9.28. The van der Waals surface area contributed by atoms with Crippen LogP contribution in [0.1, 0.15) is 87.1 Å². The minimum absolute atomic E-state index is 0.0472. The highest BCUT2D eigenvalue weighted by Gasteiger charge is 2.39. The number of rotatable bonds is 6. The first-order chi connectivity index (χ1) is 26.5. The number of oxazole rings is 2. The van der Waals surface area contributed by atoms with Gasteiger partial charge >= 0.3 is 11.9 Å². The van der Waals surface area contributed by atoms with Crippen molar-refractivity contribution in [1.82, 2.24) is 9.97 Å². The van der Waals surface area contributed by atoms with E-state index < -0.39 is 71.6 Å². The molecule has 8 unspecified atom stereocenters. The molecule has 2 aromatic heterocycles. The maximum atomic E-state index is 13.2. The lowest BCUT2D eigenvalue weighted by atomic mass is 9.79. The summed E-state index contributed by atoms with van der Waals surface area (Å²) in [6.45, 7) is 10.4. The van der Waals surface area contributed by atoms with Crippen LogP contribution in [0.5, 0.6) is 0 Å². The molecule has 14 nitrogen and oxygen atoms in total. The number of carbonyl (C=O) groups is 2. The van der Waals surface area contributed by atoms with Gasteiger partial charge in [0.15, 0.2) is 11.4 Å². The number of aliphatic hydroxyl groups excluding tert-OH is 6. The minimum Gasteiger partial charge on any atom is -0.457 e. The van der Waals surface area contributed by atoms with Gasteiger partial charge in [-0.25, -0.2) is 19.6 Å². The second-order valence-electron chi connectivity index (χ2n) is 14.3. The Balaban J connectivity index is 1.94. The first kappa shape index (κ1) is 45.4. The van der Waals surface area contributed by atoms with Gasteiger partial charge < -0.3 is 48.9 Å². The van der Waals surface area contributed by atoms with E-state index in [2.05, 4.69) is 9.97 Å². The number of ether oxygens (including phenoxy) is 2. The average molecular weight is 779 g/mol. The maximum absolute atomic E-state index is 13.2. The van der Waals surface area contributed by atoms with Crippen molar-refractivity contribution >= 4 is 24.1 Å². The van der Waals surface area contributed by atoms with Gasteiger partial charge in [0.05, 0.1) is 12.2 Å². The van der Waals surface area contributed by atoms with Crippen molar-refractivity contribution < 1.29 is 58.5 Å². The van der Waals surface area contributed by atoms with Crippen LogP contribution in [-0.2, 0) is 9.47 Å². The molecule has 0 spiro atoms. The van der Waals surface area contributed by atoms with Crippen molar-refractivity contribution in [1.29, 1.82) is 0 Å². The van der Waals surface area contributed by atoms with Gasteiger partial charge in [-0.3, -0.25) is 0 Å². The second kappa shape index (κ2) is 21.4. The van der Waals surface area contributed by atoms with E-state index >= 15 is 0 Å². The Labute approximate surface area is 326 Å². The fourth-order valence-corrected chi connectivity index (χ4v) is 5.31. The average Bonchev–Trinajstić information content (AvgIpc) is 3.84. The predicted molar refractivity (Wildman–Crippen MR) is 209 cm³/mol. The van der Waals surface area contributed by atoms with E-state index in [0.717, 1.165) is 12.5 Å². The van der Waals surface area contributed by atoms with Crippen LogP contribution in [0.3, 0.4) is 0 Å². The Morgan fingerprint density at radius 1 is 0.625 bits per heavy atom. The van der Waals surface area contributed by atoms with Crippen molar-refractivity contribution in [2.45, 2.75) is 103 Å². The molecule has 6 N–H and O–H groups in total. The number of aliphatic hydroxyl groups is 6. The Kier molecular flexibility index (Phi) is 17.3. The molecule has 3 heterocycles. The Morgan fingerprint density at radius 3 is 1.34 bits per heavy atom. The summed E-state index contributed by atoms with van der Waals surface area (Å²) >= 11 is 0. The maximum Gasteiger partial charge on any atom is 0.360 e. The SMILES string of the molecule is C/C=C/C(O)C(C)(C)C1C/C=C\C(O)C(O)/C=C/C=C\c2nc(co2)C(=O)OC(C(C)(C)C(O)/C=C/C)C/C=C\C(O)C(O)/C=C/C=C\c2nc(co2)C(=O)O1. The number of hydrogen-bond donors (Lipinski definition) is 6. The zero-order chi connectivity index (χ0) is 41.5. The number of hydrogen-bond acceptors (Lipinski definition) is 14. The molecule has 1 aliphatic rings. The number of nitrogens with zero attached hydrogens (tertiary/aromatic N) is 2. The topological polar surface area (TPSA) is 226 Å². The highest BCUT2D eigenvalue weighted by atomic mass is 16.6. The summed E-state index contributed by atoms with van der Waals surface area (Å²) in [6.07, 6.45) is 16.7. The van der Waals surface area contributed by atoms with Crippen LogP contribution in [0, 0.1) is 10.8 Å². The molecule has 0 radical (unpaired) electrons. The molecule has 14 heteroatoms. The summed E-state index contributed by atoms with van der Waals surface area (Å²) in [5.41, 5.74) is -2.28. The quantitative estimate of drug-likeness (QED) is 0.171. The summed E-state index contributed by atoms with van der Waals surface area (Å²) in [5.74, 6) is -1.55. The number of cyclic esters (lactones) is 2. The zero-order valence-electron chi connectivity index (χ0n) is 32.5. The van der Waals surface area contributed by atoms with Crippen LogP contribution in [0.15, 0.2) is 106 Å². The lowest BCUT2D eigenvalue weighted by Gasteiger charge is -2.36. The summed E-state index contributed by atoms with van der Waals surface area (Å²) in [6, 6.07) is 0. The van der Waals surface area contributed by atoms with Gasteiger partial charge in [0, 0.05) is 35.8 Å². The van der Waals surface area contributed by atoms with Gasteiger partial charge in [0.2, 0.25) is 11.8 Å². The van der Waals surface area contributed by atoms with Crippen LogP contribution >= 0.6 is 0 Å². The normalized spacial score (nSPS) is 28.8. The number of carbonyl (C=O) groups excluding carboxylic acids is 2. The molecule has 56 heavy (non-hydrogen) atoms. The summed E-state index contributed by atoms with van der Waals surface area (Å²) < 4.78 is 22.4. The minimum atomic E-state index is -1.34. The summed E-state index contributed by atoms with van der Waals surface area (Å²) in [5, 5.41) is 63.9. The van der Waals surface area contributed by atoms with Crippen molar-refractivity contribution in [3.63, 3.8) is 0 Å². The smallest absolute Gasteiger partial charge is 0.360 e. The third-order valence-corrected chi connectivity index (χ3v) is 9.28. The van der Waals surface area contributed by atoms with Gasteiger partial charge in [0.1, 0.15) is 49.2 Å². The van der Waals surface area contributed by atoms with Crippen molar-refractivity contribution in [3.8, 4) is 0 Å². The van der Waals surface area contributed by atoms with Crippen molar-refractivity contribution in [2.75, 3.05) is 0 Å². The van der Waals surface area contributed by atoms with E-state index in [1.165, 1.54) is 72.9 Å². The molecule has 304 valence electrons. The van der Waals surface area contributed by atoms with E-state index in [-0.39, 0.29) is 36.0 Å². The van der Waals surface area contributed by atoms with Gasteiger partial charge in [-0.1, -0.05) is 113 Å². The van der Waals surface area contributed by atoms with Crippen LogP contribution in [0.2, 0.25) is 0 Å². The molecule has 0 amide bonds. The van der Waals surface area contributed by atoms with Crippen LogP contribution < -0.4 is 0 Å². The van der Waals surface area contributed by atoms with E-state index in [4.69, 9.17) is 18.3 Å². The van der Waals surface area contributed by atoms with E-state index in [0.29, 0.717) is 0 Å². The fraction of sp³-hybridized carbons (Fsp3) is 0.429. The van der Waals surface area contributed by atoms with Crippen LogP contribution in [0.25, 0.3) is 12.2 Å². The van der Waals surface area contributed by atoms with Gasteiger partial charge in [-0.15, -0.1) is 0 Å². The molecule has 2 aromatic rings. The third kappa shape index (κ3) is 13.1. The van der Waals surface area contributed by atoms with Crippen molar-refractivity contribution in [2.24, 2.45) is 10.8 Å². The van der Waals surface area contributed by atoms with E-state index in [9.17, 15) is 40.2 Å². The lowest BCUT2D eigenvalue weighted by molar-refractivity contribution is -0.0462. The van der Waals surface area contributed by atoms with Gasteiger partial charge in [-0.05, 0) is 13.8 Å². The van der Waals surface area contributed by atoms with Crippen LogP contribution in [-0.4, -0.2) is 101 Å². The summed E-state index contributed by atoms with van der Waals surface area (Å²) in [7, 11) is 0. The molecule has 1 aliphatic heterocycles. The number of allylic oxidation sites excluding steroid dienone is 6.